The number of nitrogens with zero attached hydrogens (tertiary/aromatic N) is 3. The standard InChI is InChI=1S/C21H25N3O9/c1-11(2)30-19(26)23-15-9-10-16(24(23)20(27)31-12(3)4)18(17(15)25)33-21(28)32-14-7-5-13(22-29)6-8-14/h5-12,15-18,25H,1-4H3. The Hall–Kier alpha value is -3.67. The Morgan fingerprint density at radius 3 is 1.94 bits per heavy atom. The molecule has 1 N–H and O–H groups in total. The van der Waals surface area contributed by atoms with Crippen LogP contribution in [0.2, 0.25) is 0 Å². The maximum Gasteiger partial charge on any atom is 0.514 e. The molecule has 2 amide bonds. The van der Waals surface area contributed by atoms with E-state index in [4.69, 9.17) is 18.9 Å². The summed E-state index contributed by atoms with van der Waals surface area (Å²) in [6.07, 6.45) is -3.46. The van der Waals surface area contributed by atoms with E-state index in [9.17, 15) is 24.4 Å². The summed E-state index contributed by atoms with van der Waals surface area (Å²) in [7, 11) is 0. The molecule has 0 saturated carbocycles. The molecule has 1 aromatic rings. The number of ether oxygens (including phenoxy) is 4. The zero-order valence-corrected chi connectivity index (χ0v) is 18.5. The summed E-state index contributed by atoms with van der Waals surface area (Å²) in [6, 6.07) is 3.26. The summed E-state index contributed by atoms with van der Waals surface area (Å²) in [5.41, 5.74) is 0.147. The highest BCUT2D eigenvalue weighted by atomic mass is 16.7. The molecule has 2 aliphatic heterocycles. The zero-order valence-electron chi connectivity index (χ0n) is 18.5. The van der Waals surface area contributed by atoms with Crippen molar-refractivity contribution in [2.45, 2.75) is 64.2 Å². The van der Waals surface area contributed by atoms with Crippen LogP contribution >= 0.6 is 0 Å². The van der Waals surface area contributed by atoms with Crippen LogP contribution in [-0.2, 0) is 14.2 Å². The molecule has 33 heavy (non-hydrogen) atoms. The molecule has 1 fully saturated rings. The van der Waals surface area contributed by atoms with Crippen LogP contribution in [0.3, 0.4) is 0 Å². The normalized spacial score (nSPS) is 23.5. The van der Waals surface area contributed by atoms with Gasteiger partial charge in [-0.1, -0.05) is 12.2 Å². The lowest BCUT2D eigenvalue weighted by molar-refractivity contribution is -0.176. The second-order valence-electron chi connectivity index (χ2n) is 7.93. The molecule has 4 unspecified atom stereocenters. The summed E-state index contributed by atoms with van der Waals surface area (Å²) in [4.78, 5) is 48.4. The molecule has 0 spiro atoms. The van der Waals surface area contributed by atoms with Crippen molar-refractivity contribution >= 4 is 24.0 Å². The number of hydrogen-bond donors (Lipinski definition) is 1. The number of carbonyl (C=O) groups is 3. The van der Waals surface area contributed by atoms with Crippen molar-refractivity contribution in [2.75, 3.05) is 0 Å². The van der Waals surface area contributed by atoms with Gasteiger partial charge in [-0.15, -0.1) is 4.91 Å². The van der Waals surface area contributed by atoms with E-state index in [0.717, 1.165) is 10.0 Å². The van der Waals surface area contributed by atoms with E-state index < -0.39 is 54.8 Å². The van der Waals surface area contributed by atoms with Gasteiger partial charge in [-0.05, 0) is 57.1 Å². The number of benzene rings is 1. The van der Waals surface area contributed by atoms with E-state index in [1.807, 2.05) is 0 Å². The number of hydrazine groups is 1. The average molecular weight is 463 g/mol. The topological polar surface area (TPSA) is 144 Å². The number of carbonyl (C=O) groups excluding carboxylic acids is 3. The monoisotopic (exact) mass is 463 g/mol. The van der Waals surface area contributed by atoms with Gasteiger partial charge in [0.15, 0.2) is 6.10 Å². The maximum absolute atomic E-state index is 12.8. The molecule has 2 bridgehead atoms. The Bertz CT molecular complexity index is 931. The second kappa shape index (κ2) is 9.86. The first-order chi connectivity index (χ1) is 15.6. The fraction of sp³-hybridized carbons (Fsp3) is 0.476. The second-order valence-corrected chi connectivity index (χ2v) is 7.93. The Kier molecular flexibility index (Phi) is 7.16. The zero-order chi connectivity index (χ0) is 24.3. The number of hydrogen-bond acceptors (Lipinski definition) is 10. The Morgan fingerprint density at radius 1 is 0.909 bits per heavy atom. The lowest BCUT2D eigenvalue weighted by atomic mass is 9.88. The highest BCUT2D eigenvalue weighted by Gasteiger charge is 2.56. The minimum atomic E-state index is -1.38. The highest BCUT2D eigenvalue weighted by molar-refractivity contribution is 5.77. The summed E-state index contributed by atoms with van der Waals surface area (Å²) in [6.45, 7) is 6.56. The van der Waals surface area contributed by atoms with E-state index in [0.29, 0.717) is 0 Å². The third kappa shape index (κ3) is 5.22. The fourth-order valence-corrected chi connectivity index (χ4v) is 3.46. The van der Waals surface area contributed by atoms with E-state index >= 15 is 0 Å². The third-order valence-electron chi connectivity index (χ3n) is 4.75. The van der Waals surface area contributed by atoms with E-state index in [1.165, 1.54) is 36.4 Å². The number of aliphatic hydroxyl groups excluding tert-OH is 1. The molecule has 12 nitrogen and oxygen atoms in total. The van der Waals surface area contributed by atoms with Gasteiger partial charge in [0.2, 0.25) is 0 Å². The predicted molar refractivity (Wildman–Crippen MR) is 112 cm³/mol. The summed E-state index contributed by atoms with van der Waals surface area (Å²) >= 11 is 0. The van der Waals surface area contributed by atoms with E-state index in [1.54, 1.807) is 27.7 Å². The lowest BCUT2D eigenvalue weighted by Crippen LogP contribution is -2.73. The first kappa shape index (κ1) is 24.0. The van der Waals surface area contributed by atoms with Gasteiger partial charge >= 0.3 is 18.3 Å². The van der Waals surface area contributed by atoms with Gasteiger partial charge in [0.25, 0.3) is 0 Å². The van der Waals surface area contributed by atoms with Crippen molar-refractivity contribution in [1.82, 2.24) is 10.0 Å². The van der Waals surface area contributed by atoms with Gasteiger partial charge < -0.3 is 24.1 Å². The molecular formula is C21H25N3O9. The minimum absolute atomic E-state index is 0.0802. The molecule has 1 aliphatic carbocycles. The number of nitroso groups, excluding NO2 is 1. The van der Waals surface area contributed by atoms with Crippen LogP contribution in [0.1, 0.15) is 27.7 Å². The predicted octanol–water partition coefficient (Wildman–Crippen LogP) is 3.26. The molecule has 178 valence electrons. The Morgan fingerprint density at radius 2 is 1.42 bits per heavy atom. The lowest BCUT2D eigenvalue weighted by Gasteiger charge is -2.53. The Labute approximate surface area is 189 Å². The van der Waals surface area contributed by atoms with E-state index in [-0.39, 0.29) is 11.4 Å². The van der Waals surface area contributed by atoms with Gasteiger partial charge in [-0.2, -0.15) is 0 Å². The fourth-order valence-electron chi connectivity index (χ4n) is 3.46. The van der Waals surface area contributed by atoms with Gasteiger partial charge in [0.1, 0.15) is 29.6 Å². The summed E-state index contributed by atoms with van der Waals surface area (Å²) in [5.74, 6) is 0.0802. The summed E-state index contributed by atoms with van der Waals surface area (Å²) in [5, 5.41) is 15.5. The molecule has 12 heteroatoms. The number of amides is 2. The van der Waals surface area contributed by atoms with Gasteiger partial charge in [0, 0.05) is 0 Å². The van der Waals surface area contributed by atoms with Crippen molar-refractivity contribution in [3.05, 3.63) is 41.3 Å². The van der Waals surface area contributed by atoms with Crippen molar-refractivity contribution in [2.24, 2.45) is 5.18 Å². The quantitative estimate of drug-likeness (QED) is 0.229. The van der Waals surface area contributed by atoms with Crippen LogP contribution in [0.5, 0.6) is 5.75 Å². The van der Waals surface area contributed by atoms with Crippen LogP contribution in [-0.4, -0.2) is 70.0 Å². The van der Waals surface area contributed by atoms with Crippen LogP contribution in [0.25, 0.3) is 0 Å². The Balaban J connectivity index is 1.81. The maximum atomic E-state index is 12.8. The molecule has 4 rings (SSSR count). The minimum Gasteiger partial charge on any atom is -0.445 e. The number of aliphatic hydroxyl groups is 1. The molecular weight excluding hydrogens is 438 g/mol. The smallest absolute Gasteiger partial charge is 0.445 e. The van der Waals surface area contributed by atoms with Crippen LogP contribution in [0, 0.1) is 4.91 Å². The van der Waals surface area contributed by atoms with E-state index in [2.05, 4.69) is 5.18 Å². The number of fused-ring (bicyclic) bond motifs is 2. The molecule has 2 heterocycles. The number of rotatable bonds is 5. The van der Waals surface area contributed by atoms with Crippen molar-refractivity contribution in [1.29, 1.82) is 0 Å². The molecule has 0 aromatic heterocycles. The van der Waals surface area contributed by atoms with Crippen molar-refractivity contribution < 1.29 is 38.4 Å². The van der Waals surface area contributed by atoms with Crippen LogP contribution in [0.15, 0.2) is 41.6 Å². The van der Waals surface area contributed by atoms with Crippen LogP contribution < -0.4 is 4.74 Å². The molecule has 1 saturated heterocycles. The van der Waals surface area contributed by atoms with Gasteiger partial charge in [0.05, 0.1) is 12.2 Å². The van der Waals surface area contributed by atoms with Crippen molar-refractivity contribution in [3.8, 4) is 5.75 Å². The summed E-state index contributed by atoms with van der Waals surface area (Å²) < 4.78 is 20.9. The van der Waals surface area contributed by atoms with Crippen molar-refractivity contribution in [3.63, 3.8) is 0 Å². The van der Waals surface area contributed by atoms with Crippen LogP contribution in [0.4, 0.5) is 20.1 Å². The average Bonchev–Trinajstić information content (AvgIpc) is 2.75. The van der Waals surface area contributed by atoms with Gasteiger partial charge in [-0.25, -0.2) is 24.4 Å². The molecule has 0 radical (unpaired) electrons. The largest absolute Gasteiger partial charge is 0.514 e. The first-order valence-electron chi connectivity index (χ1n) is 10.3. The SMILES string of the molecule is CC(C)OC(=O)N1C2C=CC(C(OC(=O)Oc3ccc(N=O)cc3)C2O)N1C(=O)OC(C)C. The third-order valence-corrected chi connectivity index (χ3v) is 4.75. The molecule has 1 aromatic carbocycles. The molecule has 4 atom stereocenters. The van der Waals surface area contributed by atoms with Gasteiger partial charge in [-0.3, -0.25) is 0 Å². The molecule has 3 aliphatic rings. The highest BCUT2D eigenvalue weighted by Crippen LogP contribution is 2.35. The first-order valence-corrected chi connectivity index (χ1v) is 10.3.